The summed E-state index contributed by atoms with van der Waals surface area (Å²) in [5.74, 6) is -0.157. The maximum Gasteiger partial charge on any atom is 0.126 e. The Bertz CT molecular complexity index is 367. The van der Waals surface area contributed by atoms with Gasteiger partial charge in [0.2, 0.25) is 0 Å². The monoisotopic (exact) mass is 223 g/mol. The van der Waals surface area contributed by atoms with E-state index in [-0.39, 0.29) is 18.0 Å². The average molecular weight is 223 g/mol. The van der Waals surface area contributed by atoms with Gasteiger partial charge < -0.3 is 10.5 Å². The second kappa shape index (κ2) is 4.93. The first-order chi connectivity index (χ1) is 7.70. The molecule has 0 saturated carbocycles. The molecule has 2 rings (SSSR count). The molecule has 0 spiro atoms. The minimum atomic E-state index is -0.157. The van der Waals surface area contributed by atoms with Crippen LogP contribution in [0.15, 0.2) is 18.2 Å². The minimum Gasteiger partial charge on any atom is -0.369 e. The summed E-state index contributed by atoms with van der Waals surface area (Å²) in [5.41, 5.74) is 7.21. The summed E-state index contributed by atoms with van der Waals surface area (Å²) in [7, 11) is 0. The Morgan fingerprint density at radius 2 is 2.25 bits per heavy atom. The highest BCUT2D eigenvalue weighted by atomic mass is 19.1. The quantitative estimate of drug-likeness (QED) is 0.836. The third-order valence-electron chi connectivity index (χ3n) is 3.18. The number of rotatable bonds is 2. The van der Waals surface area contributed by atoms with Crippen LogP contribution in [0.3, 0.4) is 0 Å². The maximum atomic E-state index is 13.4. The molecule has 2 atom stereocenters. The molecule has 16 heavy (non-hydrogen) atoms. The van der Waals surface area contributed by atoms with Gasteiger partial charge in [0.25, 0.3) is 0 Å². The van der Waals surface area contributed by atoms with Crippen molar-refractivity contribution in [2.45, 2.75) is 38.4 Å². The Hall–Kier alpha value is -0.930. The highest BCUT2D eigenvalue weighted by Gasteiger charge is 2.23. The van der Waals surface area contributed by atoms with Crippen LogP contribution in [0, 0.1) is 12.7 Å². The van der Waals surface area contributed by atoms with Gasteiger partial charge in [-0.3, -0.25) is 0 Å². The van der Waals surface area contributed by atoms with E-state index in [9.17, 15) is 4.39 Å². The Labute approximate surface area is 95.6 Å². The van der Waals surface area contributed by atoms with Crippen molar-refractivity contribution in [1.82, 2.24) is 0 Å². The number of aryl methyl sites for hydroxylation is 1. The molecule has 88 valence electrons. The SMILES string of the molecule is Cc1ccc([C@H]2CCC[C@@H](CN)O2)cc1F. The van der Waals surface area contributed by atoms with Crippen molar-refractivity contribution >= 4 is 0 Å². The Morgan fingerprint density at radius 1 is 1.44 bits per heavy atom. The molecule has 2 nitrogen and oxygen atoms in total. The predicted molar refractivity (Wildman–Crippen MR) is 61.7 cm³/mol. The van der Waals surface area contributed by atoms with Crippen molar-refractivity contribution < 1.29 is 9.13 Å². The third kappa shape index (κ3) is 2.42. The Kier molecular flexibility index (Phi) is 3.56. The van der Waals surface area contributed by atoms with Crippen molar-refractivity contribution in [3.8, 4) is 0 Å². The molecule has 1 fully saturated rings. The zero-order valence-electron chi connectivity index (χ0n) is 9.58. The molecule has 0 bridgehead atoms. The van der Waals surface area contributed by atoms with E-state index in [1.54, 1.807) is 19.1 Å². The van der Waals surface area contributed by atoms with Crippen LogP contribution in [-0.4, -0.2) is 12.6 Å². The number of ether oxygens (including phenoxy) is 1. The molecule has 0 unspecified atom stereocenters. The number of hydrogen-bond acceptors (Lipinski definition) is 2. The summed E-state index contributed by atoms with van der Waals surface area (Å²) in [6, 6.07) is 5.33. The number of nitrogens with two attached hydrogens (primary N) is 1. The van der Waals surface area contributed by atoms with Crippen molar-refractivity contribution in [1.29, 1.82) is 0 Å². The Balaban J connectivity index is 2.13. The lowest BCUT2D eigenvalue weighted by molar-refractivity contribution is -0.0463. The summed E-state index contributed by atoms with van der Waals surface area (Å²) < 4.78 is 19.3. The first-order valence-corrected chi connectivity index (χ1v) is 5.82. The van der Waals surface area contributed by atoms with Gasteiger partial charge in [0, 0.05) is 6.54 Å². The van der Waals surface area contributed by atoms with E-state index in [0.717, 1.165) is 24.8 Å². The smallest absolute Gasteiger partial charge is 0.126 e. The van der Waals surface area contributed by atoms with Crippen LogP contribution in [0.5, 0.6) is 0 Å². The standard InChI is InChI=1S/C13H18FNO/c1-9-5-6-10(7-12(9)14)13-4-2-3-11(8-15)16-13/h5-7,11,13H,2-4,8,15H2,1H3/t11-,13+/m0/s1. The van der Waals surface area contributed by atoms with E-state index in [1.807, 2.05) is 6.07 Å². The molecular weight excluding hydrogens is 205 g/mol. The van der Waals surface area contributed by atoms with Crippen LogP contribution in [0.2, 0.25) is 0 Å². The van der Waals surface area contributed by atoms with Gasteiger partial charge in [0.15, 0.2) is 0 Å². The average Bonchev–Trinajstić information content (AvgIpc) is 2.33. The first kappa shape index (κ1) is 11.6. The van der Waals surface area contributed by atoms with E-state index in [0.29, 0.717) is 12.1 Å². The minimum absolute atomic E-state index is 0.0115. The molecule has 3 heteroatoms. The van der Waals surface area contributed by atoms with E-state index in [1.165, 1.54) is 0 Å². The van der Waals surface area contributed by atoms with Crippen LogP contribution < -0.4 is 5.73 Å². The van der Waals surface area contributed by atoms with Crippen molar-refractivity contribution in [3.05, 3.63) is 35.1 Å². The molecular formula is C13H18FNO. The van der Waals surface area contributed by atoms with E-state index < -0.39 is 0 Å². The van der Waals surface area contributed by atoms with E-state index in [4.69, 9.17) is 10.5 Å². The topological polar surface area (TPSA) is 35.2 Å². The number of halogens is 1. The lowest BCUT2D eigenvalue weighted by Gasteiger charge is -2.29. The van der Waals surface area contributed by atoms with Crippen molar-refractivity contribution in [2.24, 2.45) is 5.73 Å². The molecule has 1 aromatic carbocycles. The second-order valence-corrected chi connectivity index (χ2v) is 4.42. The van der Waals surface area contributed by atoms with Crippen molar-refractivity contribution in [2.75, 3.05) is 6.54 Å². The van der Waals surface area contributed by atoms with Gasteiger partial charge in [-0.25, -0.2) is 4.39 Å². The number of benzene rings is 1. The summed E-state index contributed by atoms with van der Waals surface area (Å²) in [4.78, 5) is 0. The first-order valence-electron chi connectivity index (χ1n) is 5.82. The van der Waals surface area contributed by atoms with Crippen LogP contribution >= 0.6 is 0 Å². The van der Waals surface area contributed by atoms with Crippen LogP contribution in [0.1, 0.15) is 36.5 Å². The molecule has 1 aromatic rings. The molecule has 1 heterocycles. The fourth-order valence-electron chi connectivity index (χ4n) is 2.13. The summed E-state index contributed by atoms with van der Waals surface area (Å²) in [6.07, 6.45) is 3.21. The third-order valence-corrected chi connectivity index (χ3v) is 3.18. The van der Waals surface area contributed by atoms with Gasteiger partial charge in [-0.05, 0) is 43.4 Å². The largest absolute Gasteiger partial charge is 0.369 e. The highest BCUT2D eigenvalue weighted by Crippen LogP contribution is 2.31. The second-order valence-electron chi connectivity index (χ2n) is 4.42. The van der Waals surface area contributed by atoms with Crippen molar-refractivity contribution in [3.63, 3.8) is 0 Å². The van der Waals surface area contributed by atoms with E-state index >= 15 is 0 Å². The van der Waals surface area contributed by atoms with Gasteiger partial charge >= 0.3 is 0 Å². The van der Waals surface area contributed by atoms with Gasteiger partial charge in [-0.1, -0.05) is 12.1 Å². The fraction of sp³-hybridized carbons (Fsp3) is 0.538. The van der Waals surface area contributed by atoms with Gasteiger partial charge in [-0.15, -0.1) is 0 Å². The predicted octanol–water partition coefficient (Wildman–Crippen LogP) is 2.70. The van der Waals surface area contributed by atoms with Crippen LogP contribution in [0.25, 0.3) is 0 Å². The molecule has 1 aliphatic rings. The fourth-order valence-corrected chi connectivity index (χ4v) is 2.13. The highest BCUT2D eigenvalue weighted by molar-refractivity contribution is 5.25. The zero-order chi connectivity index (χ0) is 11.5. The molecule has 0 aliphatic carbocycles. The lowest BCUT2D eigenvalue weighted by Crippen LogP contribution is -2.29. The molecule has 2 N–H and O–H groups in total. The molecule has 1 aliphatic heterocycles. The van der Waals surface area contributed by atoms with Crippen LogP contribution in [0.4, 0.5) is 4.39 Å². The molecule has 0 amide bonds. The Morgan fingerprint density at radius 3 is 2.94 bits per heavy atom. The van der Waals surface area contributed by atoms with E-state index in [2.05, 4.69) is 0 Å². The molecule has 0 radical (unpaired) electrons. The molecule has 1 saturated heterocycles. The number of hydrogen-bond donors (Lipinski definition) is 1. The summed E-state index contributed by atoms with van der Waals surface area (Å²) in [6.45, 7) is 2.31. The summed E-state index contributed by atoms with van der Waals surface area (Å²) in [5, 5.41) is 0. The lowest BCUT2D eigenvalue weighted by atomic mass is 9.97. The van der Waals surface area contributed by atoms with Gasteiger partial charge in [0.05, 0.1) is 12.2 Å². The molecule has 0 aromatic heterocycles. The van der Waals surface area contributed by atoms with Gasteiger partial charge in [0.1, 0.15) is 5.82 Å². The van der Waals surface area contributed by atoms with Gasteiger partial charge in [-0.2, -0.15) is 0 Å². The maximum absolute atomic E-state index is 13.4. The van der Waals surface area contributed by atoms with Crippen LogP contribution in [-0.2, 0) is 4.74 Å². The summed E-state index contributed by atoms with van der Waals surface area (Å²) >= 11 is 0. The normalized spacial score (nSPS) is 25.7. The zero-order valence-corrected chi connectivity index (χ0v) is 9.58.